The Morgan fingerprint density at radius 1 is 1.21 bits per heavy atom. The summed E-state index contributed by atoms with van der Waals surface area (Å²) in [6.07, 6.45) is 1.93. The van der Waals surface area contributed by atoms with Crippen molar-refractivity contribution in [1.82, 2.24) is 5.32 Å². The van der Waals surface area contributed by atoms with Gasteiger partial charge in [-0.05, 0) is 38.8 Å². The third-order valence-corrected chi connectivity index (χ3v) is 3.62. The topological polar surface area (TPSA) is 59.6 Å². The molecule has 1 rings (SSSR count). The van der Waals surface area contributed by atoms with E-state index in [0.717, 1.165) is 18.0 Å². The minimum atomic E-state index is -0.486. The zero-order valence-corrected chi connectivity index (χ0v) is 15.6. The molecule has 2 N–H and O–H groups in total. The number of anilines is 1. The average molecular weight is 336 g/mol. The third-order valence-electron chi connectivity index (χ3n) is 3.62. The normalized spacial score (nSPS) is 11.2. The molecule has 0 aromatic heterocycles. The van der Waals surface area contributed by atoms with Crippen molar-refractivity contribution in [2.75, 3.05) is 25.0 Å². The number of alkyl carbamates (subject to hydrolysis) is 1. The van der Waals surface area contributed by atoms with Gasteiger partial charge >= 0.3 is 6.09 Å². The molecule has 1 aromatic carbocycles. The van der Waals surface area contributed by atoms with Crippen molar-refractivity contribution in [3.05, 3.63) is 24.3 Å². The van der Waals surface area contributed by atoms with Gasteiger partial charge in [-0.2, -0.15) is 0 Å². The Hall–Kier alpha value is -1.91. The van der Waals surface area contributed by atoms with Crippen molar-refractivity contribution in [3.63, 3.8) is 0 Å². The van der Waals surface area contributed by atoms with E-state index in [9.17, 15) is 4.79 Å². The molecule has 0 saturated carbocycles. The molecule has 0 atom stereocenters. The van der Waals surface area contributed by atoms with E-state index in [2.05, 4.69) is 24.5 Å². The van der Waals surface area contributed by atoms with Crippen molar-refractivity contribution in [2.24, 2.45) is 5.92 Å². The number of carbonyl (C=O) groups is 1. The molecule has 24 heavy (non-hydrogen) atoms. The minimum absolute atomic E-state index is 0.398. The number of hydrogen-bond donors (Lipinski definition) is 2. The van der Waals surface area contributed by atoms with Crippen LogP contribution in [0.4, 0.5) is 10.5 Å². The summed E-state index contributed by atoms with van der Waals surface area (Å²) in [7, 11) is 0. The number of nitrogens with one attached hydrogen (secondary N) is 2. The maximum atomic E-state index is 11.5. The van der Waals surface area contributed by atoms with Crippen LogP contribution in [0.25, 0.3) is 0 Å². The van der Waals surface area contributed by atoms with Gasteiger partial charge in [0, 0.05) is 18.3 Å². The van der Waals surface area contributed by atoms with Crippen LogP contribution in [0.2, 0.25) is 0 Å². The number of rotatable bonds is 9. The third kappa shape index (κ3) is 8.65. The Bertz CT molecular complexity index is 494. The van der Waals surface area contributed by atoms with Crippen LogP contribution >= 0.6 is 0 Å². The summed E-state index contributed by atoms with van der Waals surface area (Å²) in [5, 5.41) is 6.13. The first kappa shape index (κ1) is 20.1. The summed E-state index contributed by atoms with van der Waals surface area (Å²) in [6.45, 7) is 11.7. The number of ether oxygens (including phenoxy) is 2. The van der Waals surface area contributed by atoms with Gasteiger partial charge < -0.3 is 20.1 Å². The van der Waals surface area contributed by atoms with Crippen molar-refractivity contribution < 1.29 is 14.3 Å². The van der Waals surface area contributed by atoms with E-state index in [1.807, 2.05) is 45.0 Å². The Kier molecular flexibility index (Phi) is 8.44. The Balaban J connectivity index is 2.33. The van der Waals surface area contributed by atoms with E-state index in [4.69, 9.17) is 9.47 Å². The smallest absolute Gasteiger partial charge is 0.407 e. The van der Waals surface area contributed by atoms with Gasteiger partial charge in [0.25, 0.3) is 0 Å². The molecule has 0 unspecified atom stereocenters. The molecule has 0 spiro atoms. The highest BCUT2D eigenvalue weighted by Crippen LogP contribution is 2.18. The van der Waals surface area contributed by atoms with Crippen molar-refractivity contribution in [1.29, 1.82) is 0 Å². The van der Waals surface area contributed by atoms with E-state index in [0.29, 0.717) is 19.1 Å². The summed E-state index contributed by atoms with van der Waals surface area (Å²) in [4.78, 5) is 11.5. The summed E-state index contributed by atoms with van der Waals surface area (Å²) in [5.41, 5.74) is 0.569. The summed E-state index contributed by atoms with van der Waals surface area (Å²) >= 11 is 0. The fraction of sp³-hybridized carbons (Fsp3) is 0.632. The van der Waals surface area contributed by atoms with Gasteiger partial charge in [-0.15, -0.1) is 0 Å². The number of carbonyl (C=O) groups excluding carboxylic acids is 1. The standard InChI is InChI=1S/C19H32N2O3/c1-6-15(7-2)14-21-16-9-8-10-17(13-16)23-12-11-20-18(22)24-19(3,4)5/h8-10,13,15,21H,6-7,11-12,14H2,1-5H3,(H,20,22). The molecular weight excluding hydrogens is 304 g/mol. The van der Waals surface area contributed by atoms with Gasteiger partial charge in [0.05, 0.1) is 6.54 Å². The van der Waals surface area contributed by atoms with Crippen LogP contribution in [0.15, 0.2) is 24.3 Å². The SMILES string of the molecule is CCC(CC)CNc1cccc(OCCNC(=O)OC(C)(C)C)c1. The monoisotopic (exact) mass is 336 g/mol. The van der Waals surface area contributed by atoms with Crippen molar-refractivity contribution in [3.8, 4) is 5.75 Å². The lowest BCUT2D eigenvalue weighted by molar-refractivity contribution is 0.0520. The Labute approximate surface area is 146 Å². The molecule has 5 heteroatoms. The van der Waals surface area contributed by atoms with Gasteiger partial charge in [-0.1, -0.05) is 32.8 Å². The van der Waals surface area contributed by atoms with Crippen LogP contribution < -0.4 is 15.4 Å². The van der Waals surface area contributed by atoms with Gasteiger partial charge in [0.2, 0.25) is 0 Å². The predicted molar refractivity (Wildman–Crippen MR) is 98.7 cm³/mol. The predicted octanol–water partition coefficient (Wildman–Crippen LogP) is 4.44. The van der Waals surface area contributed by atoms with E-state index in [1.54, 1.807) is 0 Å². The van der Waals surface area contributed by atoms with Crippen molar-refractivity contribution >= 4 is 11.8 Å². The van der Waals surface area contributed by atoms with Crippen LogP contribution in [-0.4, -0.2) is 31.4 Å². The molecular formula is C19H32N2O3. The van der Waals surface area contributed by atoms with E-state index in [-0.39, 0.29) is 0 Å². The quantitative estimate of drug-likeness (QED) is 0.655. The van der Waals surface area contributed by atoms with Gasteiger partial charge in [0.15, 0.2) is 0 Å². The lowest BCUT2D eigenvalue weighted by atomic mass is 10.0. The van der Waals surface area contributed by atoms with Gasteiger partial charge in [-0.3, -0.25) is 0 Å². The molecule has 0 radical (unpaired) electrons. The summed E-state index contributed by atoms with van der Waals surface area (Å²) in [5.74, 6) is 1.48. The lowest BCUT2D eigenvalue weighted by Gasteiger charge is -2.19. The second kappa shape index (κ2) is 10.1. The zero-order valence-electron chi connectivity index (χ0n) is 15.6. The molecule has 0 fully saturated rings. The largest absolute Gasteiger partial charge is 0.492 e. The van der Waals surface area contributed by atoms with E-state index >= 15 is 0 Å². The molecule has 0 bridgehead atoms. The molecule has 1 aromatic rings. The number of benzene rings is 1. The maximum Gasteiger partial charge on any atom is 0.407 e. The average Bonchev–Trinajstić information content (AvgIpc) is 2.51. The Morgan fingerprint density at radius 2 is 1.92 bits per heavy atom. The van der Waals surface area contributed by atoms with Crippen LogP contribution in [0.3, 0.4) is 0 Å². The first-order chi connectivity index (χ1) is 11.3. The first-order valence-corrected chi connectivity index (χ1v) is 8.77. The lowest BCUT2D eigenvalue weighted by Crippen LogP contribution is -2.34. The van der Waals surface area contributed by atoms with Crippen molar-refractivity contribution in [2.45, 2.75) is 53.1 Å². The molecule has 0 heterocycles. The molecule has 1 amide bonds. The molecule has 136 valence electrons. The Morgan fingerprint density at radius 3 is 2.54 bits per heavy atom. The highest BCUT2D eigenvalue weighted by Gasteiger charge is 2.15. The van der Waals surface area contributed by atoms with Gasteiger partial charge in [0.1, 0.15) is 18.0 Å². The molecule has 0 aliphatic rings. The summed E-state index contributed by atoms with van der Waals surface area (Å²) < 4.78 is 10.8. The molecule has 0 aliphatic heterocycles. The fourth-order valence-corrected chi connectivity index (χ4v) is 2.17. The number of amides is 1. The maximum absolute atomic E-state index is 11.5. The van der Waals surface area contributed by atoms with Crippen LogP contribution in [0.5, 0.6) is 5.75 Å². The second-order valence-corrected chi connectivity index (χ2v) is 6.87. The molecule has 0 aliphatic carbocycles. The fourth-order valence-electron chi connectivity index (χ4n) is 2.17. The van der Waals surface area contributed by atoms with Crippen LogP contribution in [0.1, 0.15) is 47.5 Å². The second-order valence-electron chi connectivity index (χ2n) is 6.87. The van der Waals surface area contributed by atoms with E-state index < -0.39 is 11.7 Å². The first-order valence-electron chi connectivity index (χ1n) is 8.77. The van der Waals surface area contributed by atoms with Crippen LogP contribution in [-0.2, 0) is 4.74 Å². The molecule has 5 nitrogen and oxygen atoms in total. The van der Waals surface area contributed by atoms with E-state index in [1.165, 1.54) is 12.8 Å². The highest BCUT2D eigenvalue weighted by atomic mass is 16.6. The highest BCUT2D eigenvalue weighted by molar-refractivity contribution is 5.67. The van der Waals surface area contributed by atoms with Crippen LogP contribution in [0, 0.1) is 5.92 Å². The summed E-state index contributed by atoms with van der Waals surface area (Å²) in [6, 6.07) is 7.89. The molecule has 0 saturated heterocycles. The minimum Gasteiger partial charge on any atom is -0.492 e. The number of hydrogen-bond acceptors (Lipinski definition) is 4. The van der Waals surface area contributed by atoms with Gasteiger partial charge in [-0.25, -0.2) is 4.79 Å². The zero-order chi connectivity index (χ0) is 18.0.